The van der Waals surface area contributed by atoms with Crippen LogP contribution in [0.2, 0.25) is 0 Å². The third-order valence-corrected chi connectivity index (χ3v) is 4.42. The van der Waals surface area contributed by atoms with E-state index in [2.05, 4.69) is 41.9 Å². The zero-order valence-electron chi connectivity index (χ0n) is 12.9. The highest BCUT2D eigenvalue weighted by Crippen LogP contribution is 2.29. The average Bonchev–Trinajstić information content (AvgIpc) is 3.04. The van der Waals surface area contributed by atoms with Crippen molar-refractivity contribution in [3.8, 4) is 11.5 Å². The molecule has 0 aliphatic rings. The Morgan fingerprint density at radius 2 is 1.86 bits per heavy atom. The molecule has 1 atom stereocenters. The summed E-state index contributed by atoms with van der Waals surface area (Å²) in [6.45, 7) is 3.07. The molecule has 0 aliphatic heterocycles. The molecule has 2 aromatic rings. The van der Waals surface area contributed by atoms with Crippen molar-refractivity contribution in [2.45, 2.75) is 25.8 Å². The van der Waals surface area contributed by atoms with Crippen molar-refractivity contribution in [3.05, 3.63) is 46.2 Å². The van der Waals surface area contributed by atoms with Gasteiger partial charge in [-0.2, -0.15) is 0 Å². The van der Waals surface area contributed by atoms with E-state index in [1.807, 2.05) is 17.4 Å². The highest BCUT2D eigenvalue weighted by molar-refractivity contribution is 7.09. The highest BCUT2D eigenvalue weighted by Gasteiger charge is 2.13. The second-order valence-corrected chi connectivity index (χ2v) is 5.91. The van der Waals surface area contributed by atoms with Crippen molar-refractivity contribution in [3.63, 3.8) is 0 Å². The summed E-state index contributed by atoms with van der Waals surface area (Å²) in [6, 6.07) is 10.7. The Morgan fingerprint density at radius 1 is 1.14 bits per heavy atom. The minimum Gasteiger partial charge on any atom is -0.497 e. The van der Waals surface area contributed by atoms with Crippen LogP contribution in [0.25, 0.3) is 0 Å². The van der Waals surface area contributed by atoms with Crippen LogP contribution < -0.4 is 14.8 Å². The lowest BCUT2D eigenvalue weighted by Gasteiger charge is -2.19. The zero-order valence-corrected chi connectivity index (χ0v) is 13.7. The van der Waals surface area contributed by atoms with Gasteiger partial charge in [-0.3, -0.25) is 0 Å². The molecule has 0 radical (unpaired) electrons. The van der Waals surface area contributed by atoms with Crippen LogP contribution in [-0.4, -0.2) is 20.8 Å². The van der Waals surface area contributed by atoms with Crippen molar-refractivity contribution in [1.29, 1.82) is 0 Å². The summed E-state index contributed by atoms with van der Waals surface area (Å²) in [5, 5.41) is 5.69. The topological polar surface area (TPSA) is 30.5 Å². The van der Waals surface area contributed by atoms with Crippen molar-refractivity contribution in [2.24, 2.45) is 0 Å². The van der Waals surface area contributed by atoms with E-state index >= 15 is 0 Å². The predicted octanol–water partition coefficient (Wildman–Crippen LogP) is 4.05. The first-order valence-electron chi connectivity index (χ1n) is 7.25. The van der Waals surface area contributed by atoms with Crippen molar-refractivity contribution in [2.75, 3.05) is 20.8 Å². The molecule has 21 heavy (non-hydrogen) atoms. The van der Waals surface area contributed by atoms with Crippen LogP contribution in [0.1, 0.15) is 29.8 Å². The summed E-state index contributed by atoms with van der Waals surface area (Å²) >= 11 is 1.82. The van der Waals surface area contributed by atoms with Crippen LogP contribution in [0.15, 0.2) is 35.7 Å². The maximum atomic E-state index is 5.37. The minimum atomic E-state index is 0.307. The normalized spacial score (nSPS) is 12.1. The van der Waals surface area contributed by atoms with E-state index in [1.54, 1.807) is 14.2 Å². The first-order chi connectivity index (χ1) is 10.3. The van der Waals surface area contributed by atoms with E-state index in [1.165, 1.54) is 10.4 Å². The minimum absolute atomic E-state index is 0.307. The molecule has 1 aromatic carbocycles. The molecule has 0 amide bonds. The van der Waals surface area contributed by atoms with Gasteiger partial charge in [-0.15, -0.1) is 11.3 Å². The molecule has 0 aliphatic carbocycles. The van der Waals surface area contributed by atoms with E-state index in [0.29, 0.717) is 6.04 Å². The van der Waals surface area contributed by atoms with Gasteiger partial charge in [0.15, 0.2) is 0 Å². The summed E-state index contributed by atoms with van der Waals surface area (Å²) < 4.78 is 10.7. The number of hydrogen-bond acceptors (Lipinski definition) is 4. The van der Waals surface area contributed by atoms with Crippen LogP contribution in [0, 0.1) is 0 Å². The van der Waals surface area contributed by atoms with Crippen molar-refractivity contribution >= 4 is 11.3 Å². The largest absolute Gasteiger partial charge is 0.497 e. The second-order valence-electron chi connectivity index (χ2n) is 4.87. The summed E-state index contributed by atoms with van der Waals surface area (Å²) in [5.74, 6) is 1.67. The quantitative estimate of drug-likeness (QED) is 0.798. The maximum absolute atomic E-state index is 5.37. The first-order valence-corrected chi connectivity index (χ1v) is 8.13. The van der Waals surface area contributed by atoms with E-state index in [-0.39, 0.29) is 0 Å². The zero-order chi connectivity index (χ0) is 15.1. The van der Waals surface area contributed by atoms with Gasteiger partial charge in [0.2, 0.25) is 0 Å². The fourth-order valence-electron chi connectivity index (χ4n) is 2.41. The van der Waals surface area contributed by atoms with Gasteiger partial charge in [-0.05, 0) is 48.5 Å². The second kappa shape index (κ2) is 8.05. The smallest absolute Gasteiger partial charge is 0.122 e. The molecule has 0 spiro atoms. The van der Waals surface area contributed by atoms with Crippen LogP contribution in [0.3, 0.4) is 0 Å². The molecule has 0 saturated heterocycles. The third-order valence-electron chi connectivity index (χ3n) is 3.49. The number of rotatable bonds is 8. The van der Waals surface area contributed by atoms with Gasteiger partial charge >= 0.3 is 0 Å². The Labute approximate surface area is 130 Å². The Hall–Kier alpha value is -1.52. The molecule has 1 heterocycles. The third kappa shape index (κ3) is 4.48. The van der Waals surface area contributed by atoms with Crippen molar-refractivity contribution < 1.29 is 9.47 Å². The number of thiophene rings is 1. The number of ether oxygens (including phenoxy) is 2. The molecular formula is C17H23NO2S. The van der Waals surface area contributed by atoms with E-state index < -0.39 is 0 Å². The Morgan fingerprint density at radius 3 is 2.38 bits per heavy atom. The molecular weight excluding hydrogens is 282 g/mol. The molecule has 3 nitrogen and oxygen atoms in total. The van der Waals surface area contributed by atoms with E-state index in [9.17, 15) is 0 Å². The lowest BCUT2D eigenvalue weighted by atomic mass is 10.0. The lowest BCUT2D eigenvalue weighted by molar-refractivity contribution is 0.391. The van der Waals surface area contributed by atoms with E-state index in [0.717, 1.165) is 30.9 Å². The number of methoxy groups -OCH3 is 2. The monoisotopic (exact) mass is 305 g/mol. The molecule has 0 fully saturated rings. The predicted molar refractivity (Wildman–Crippen MR) is 88.6 cm³/mol. The molecule has 0 bridgehead atoms. The lowest BCUT2D eigenvalue weighted by Crippen LogP contribution is -2.21. The summed E-state index contributed by atoms with van der Waals surface area (Å²) in [4.78, 5) is 1.42. The van der Waals surface area contributed by atoms with Gasteiger partial charge in [0.25, 0.3) is 0 Å². The molecule has 2 rings (SSSR count). The Kier molecular flexibility index (Phi) is 6.08. The molecule has 0 saturated carbocycles. The summed E-state index contributed by atoms with van der Waals surface area (Å²) in [5.41, 5.74) is 1.21. The standard InChI is InChI=1S/C17H23NO2S/c1-4-18-17(8-7-16-6-5-9-21-16)13-10-14(19-2)12-15(11-13)20-3/h5-6,9-12,17-18H,4,7-8H2,1-3H3. The number of benzene rings is 1. The SMILES string of the molecule is CCNC(CCc1cccs1)c1cc(OC)cc(OC)c1. The van der Waals surface area contributed by atoms with Crippen LogP contribution in [0.5, 0.6) is 11.5 Å². The number of aryl methyl sites for hydroxylation is 1. The fourth-order valence-corrected chi connectivity index (χ4v) is 3.13. The van der Waals surface area contributed by atoms with Gasteiger partial charge in [0, 0.05) is 17.0 Å². The van der Waals surface area contributed by atoms with Gasteiger partial charge in [-0.25, -0.2) is 0 Å². The fraction of sp³-hybridized carbons (Fsp3) is 0.412. The Balaban J connectivity index is 2.16. The summed E-state index contributed by atoms with van der Waals surface area (Å²) in [7, 11) is 3.37. The molecule has 4 heteroatoms. The number of nitrogens with one attached hydrogen (secondary N) is 1. The molecule has 1 aromatic heterocycles. The van der Waals surface area contributed by atoms with E-state index in [4.69, 9.17) is 9.47 Å². The summed E-state index contributed by atoms with van der Waals surface area (Å²) in [6.07, 6.45) is 2.14. The highest BCUT2D eigenvalue weighted by atomic mass is 32.1. The van der Waals surface area contributed by atoms with Crippen molar-refractivity contribution in [1.82, 2.24) is 5.32 Å². The van der Waals surface area contributed by atoms with Gasteiger partial charge in [0.1, 0.15) is 11.5 Å². The van der Waals surface area contributed by atoms with Crippen LogP contribution >= 0.6 is 11.3 Å². The van der Waals surface area contributed by atoms with Gasteiger partial charge in [0.05, 0.1) is 14.2 Å². The first kappa shape index (κ1) is 15.9. The molecule has 114 valence electrons. The average molecular weight is 305 g/mol. The van der Waals surface area contributed by atoms with Gasteiger partial charge < -0.3 is 14.8 Å². The Bertz CT molecular complexity index is 517. The van der Waals surface area contributed by atoms with Gasteiger partial charge in [-0.1, -0.05) is 13.0 Å². The maximum Gasteiger partial charge on any atom is 0.122 e. The molecule has 1 N–H and O–H groups in total. The number of hydrogen-bond donors (Lipinski definition) is 1. The molecule has 1 unspecified atom stereocenters. The van der Waals surface area contributed by atoms with Crippen LogP contribution in [-0.2, 0) is 6.42 Å². The van der Waals surface area contributed by atoms with Crippen LogP contribution in [0.4, 0.5) is 0 Å².